The number of sulfonamides is 1. The van der Waals surface area contributed by atoms with Crippen LogP contribution in [0.15, 0.2) is 42.5 Å². The lowest BCUT2D eigenvalue weighted by Crippen LogP contribution is -2.17. The Morgan fingerprint density at radius 1 is 1.12 bits per heavy atom. The van der Waals surface area contributed by atoms with E-state index in [1.807, 2.05) is 22.6 Å². The largest absolute Gasteiger partial charge is 0.322 e. The van der Waals surface area contributed by atoms with E-state index in [1.165, 1.54) is 18.2 Å². The van der Waals surface area contributed by atoms with Gasteiger partial charge in [-0.1, -0.05) is 0 Å². The molecule has 0 bridgehead atoms. The Bertz CT molecular complexity index is 972. The fraction of sp³-hybridized carbons (Fsp3) is 0.188. The molecule has 0 saturated heterocycles. The maximum atomic E-state index is 12.3. The number of hydrogen-bond acceptors (Lipinski definition) is 5. The van der Waals surface area contributed by atoms with Gasteiger partial charge in [-0.25, -0.2) is 8.42 Å². The molecule has 2 aromatic rings. The van der Waals surface area contributed by atoms with E-state index < -0.39 is 20.9 Å². The third-order valence-electron chi connectivity index (χ3n) is 3.77. The van der Waals surface area contributed by atoms with Crippen molar-refractivity contribution in [3.8, 4) is 0 Å². The molecule has 1 fully saturated rings. The third-order valence-corrected chi connectivity index (χ3v) is 6.54. The van der Waals surface area contributed by atoms with E-state index in [-0.39, 0.29) is 10.9 Å². The SMILES string of the molecule is O=C(Nc1ccc(NS(=O)(=O)C2CC2)cc1)c1ccc([N+](=O)[O-])cc1I. The molecular weight excluding hydrogens is 473 g/mol. The molecule has 2 N–H and O–H groups in total. The molecule has 1 amide bonds. The summed E-state index contributed by atoms with van der Waals surface area (Å²) < 4.78 is 26.8. The number of carbonyl (C=O) groups is 1. The lowest BCUT2D eigenvalue weighted by atomic mass is 10.2. The molecule has 0 radical (unpaired) electrons. The van der Waals surface area contributed by atoms with Crippen LogP contribution in [0.1, 0.15) is 23.2 Å². The lowest BCUT2D eigenvalue weighted by Gasteiger charge is -2.09. The van der Waals surface area contributed by atoms with Crippen molar-refractivity contribution in [2.24, 2.45) is 0 Å². The van der Waals surface area contributed by atoms with E-state index >= 15 is 0 Å². The second-order valence-corrected chi connectivity index (χ2v) is 8.92. The number of anilines is 2. The Morgan fingerprint density at radius 2 is 1.73 bits per heavy atom. The van der Waals surface area contributed by atoms with Gasteiger partial charge in [0.25, 0.3) is 11.6 Å². The molecular formula is C16H14IN3O5S. The fourth-order valence-corrected chi connectivity index (χ4v) is 4.38. The number of nitro benzene ring substituents is 1. The minimum absolute atomic E-state index is 0.0850. The quantitative estimate of drug-likeness (QED) is 0.368. The summed E-state index contributed by atoms with van der Waals surface area (Å²) in [5, 5.41) is 13.1. The second kappa shape index (κ2) is 7.19. The van der Waals surface area contributed by atoms with Crippen LogP contribution in [-0.4, -0.2) is 24.5 Å². The van der Waals surface area contributed by atoms with Gasteiger partial charge in [-0.15, -0.1) is 0 Å². The number of non-ortho nitro benzene ring substituents is 1. The number of amides is 1. The van der Waals surface area contributed by atoms with Crippen LogP contribution in [0, 0.1) is 13.7 Å². The smallest absolute Gasteiger partial charge is 0.270 e. The van der Waals surface area contributed by atoms with Crippen LogP contribution in [0.25, 0.3) is 0 Å². The normalized spacial score (nSPS) is 13.9. The summed E-state index contributed by atoms with van der Waals surface area (Å²) in [5.41, 5.74) is 1.14. The minimum atomic E-state index is -3.33. The summed E-state index contributed by atoms with van der Waals surface area (Å²) in [6.07, 6.45) is 1.36. The third kappa shape index (κ3) is 4.30. The fourth-order valence-electron chi connectivity index (χ4n) is 2.25. The van der Waals surface area contributed by atoms with Crippen LogP contribution in [0.4, 0.5) is 17.1 Å². The van der Waals surface area contributed by atoms with Crippen molar-refractivity contribution in [2.45, 2.75) is 18.1 Å². The lowest BCUT2D eigenvalue weighted by molar-refractivity contribution is -0.384. The predicted octanol–water partition coefficient (Wildman–Crippen LogP) is 3.36. The molecule has 1 saturated carbocycles. The Labute approximate surface area is 163 Å². The molecule has 0 aliphatic heterocycles. The van der Waals surface area contributed by atoms with Crippen molar-refractivity contribution < 1.29 is 18.1 Å². The summed E-state index contributed by atoms with van der Waals surface area (Å²) in [7, 11) is -3.33. The van der Waals surface area contributed by atoms with Gasteiger partial charge in [-0.2, -0.15) is 0 Å². The molecule has 0 aromatic heterocycles. The van der Waals surface area contributed by atoms with E-state index in [4.69, 9.17) is 0 Å². The summed E-state index contributed by atoms with van der Waals surface area (Å²) >= 11 is 1.87. The highest BCUT2D eigenvalue weighted by Crippen LogP contribution is 2.30. The van der Waals surface area contributed by atoms with Gasteiger partial charge in [0.2, 0.25) is 10.0 Å². The van der Waals surface area contributed by atoms with Gasteiger partial charge in [-0.05, 0) is 65.8 Å². The van der Waals surface area contributed by atoms with Gasteiger partial charge in [0.05, 0.1) is 15.7 Å². The Kier molecular flexibility index (Phi) is 5.14. The zero-order valence-corrected chi connectivity index (χ0v) is 16.3. The highest BCUT2D eigenvalue weighted by atomic mass is 127. The van der Waals surface area contributed by atoms with Crippen molar-refractivity contribution in [1.29, 1.82) is 0 Å². The van der Waals surface area contributed by atoms with Crippen LogP contribution in [0.3, 0.4) is 0 Å². The van der Waals surface area contributed by atoms with Crippen molar-refractivity contribution >= 4 is 55.6 Å². The number of rotatable bonds is 6. The summed E-state index contributed by atoms with van der Waals surface area (Å²) in [6, 6.07) is 10.3. The monoisotopic (exact) mass is 487 g/mol. The van der Waals surface area contributed by atoms with Gasteiger partial charge in [0.15, 0.2) is 0 Å². The topological polar surface area (TPSA) is 118 Å². The number of nitro groups is 1. The number of nitrogens with zero attached hydrogens (tertiary/aromatic N) is 1. The summed E-state index contributed by atoms with van der Waals surface area (Å²) in [5.74, 6) is -0.407. The minimum Gasteiger partial charge on any atom is -0.322 e. The molecule has 1 aliphatic carbocycles. The Balaban J connectivity index is 1.69. The van der Waals surface area contributed by atoms with E-state index in [9.17, 15) is 23.3 Å². The molecule has 0 spiro atoms. The van der Waals surface area contributed by atoms with Crippen molar-refractivity contribution in [3.63, 3.8) is 0 Å². The van der Waals surface area contributed by atoms with Crippen LogP contribution >= 0.6 is 22.6 Å². The molecule has 1 aliphatic rings. The van der Waals surface area contributed by atoms with Gasteiger partial charge < -0.3 is 5.32 Å². The van der Waals surface area contributed by atoms with E-state index in [1.54, 1.807) is 24.3 Å². The van der Waals surface area contributed by atoms with Gasteiger partial charge in [-0.3, -0.25) is 19.6 Å². The molecule has 0 atom stereocenters. The number of halogens is 1. The molecule has 10 heteroatoms. The van der Waals surface area contributed by atoms with Crippen molar-refractivity contribution in [2.75, 3.05) is 10.0 Å². The highest BCUT2D eigenvalue weighted by Gasteiger charge is 2.35. The zero-order valence-electron chi connectivity index (χ0n) is 13.3. The van der Waals surface area contributed by atoms with Gasteiger partial charge in [0, 0.05) is 27.1 Å². The first-order chi connectivity index (χ1) is 12.3. The first-order valence-corrected chi connectivity index (χ1v) is 10.3. The van der Waals surface area contributed by atoms with E-state index in [0.717, 1.165) is 0 Å². The first kappa shape index (κ1) is 18.6. The summed E-state index contributed by atoms with van der Waals surface area (Å²) in [4.78, 5) is 22.6. The molecule has 0 heterocycles. The number of hydrogen-bond donors (Lipinski definition) is 2. The van der Waals surface area contributed by atoms with Gasteiger partial charge >= 0.3 is 0 Å². The first-order valence-electron chi connectivity index (χ1n) is 7.63. The maximum Gasteiger partial charge on any atom is 0.270 e. The van der Waals surface area contributed by atoms with Crippen LogP contribution in [0.5, 0.6) is 0 Å². The Morgan fingerprint density at radius 3 is 2.27 bits per heavy atom. The zero-order chi connectivity index (χ0) is 18.9. The van der Waals surface area contributed by atoms with E-state index in [0.29, 0.717) is 33.4 Å². The number of nitrogens with one attached hydrogen (secondary N) is 2. The van der Waals surface area contributed by atoms with Crippen LogP contribution < -0.4 is 10.0 Å². The van der Waals surface area contributed by atoms with Gasteiger partial charge in [0.1, 0.15) is 0 Å². The number of carbonyl (C=O) groups excluding carboxylic acids is 1. The van der Waals surface area contributed by atoms with E-state index in [2.05, 4.69) is 10.0 Å². The van der Waals surface area contributed by atoms with Crippen molar-refractivity contribution in [1.82, 2.24) is 0 Å². The standard InChI is InChI=1S/C16H14IN3O5S/c17-15-9-12(20(22)23)5-8-14(15)16(21)18-10-1-3-11(4-2-10)19-26(24,25)13-6-7-13/h1-5,8-9,13,19H,6-7H2,(H,18,21). The number of benzene rings is 2. The molecule has 0 unspecified atom stereocenters. The molecule has 26 heavy (non-hydrogen) atoms. The van der Waals surface area contributed by atoms with Crippen LogP contribution in [-0.2, 0) is 10.0 Å². The van der Waals surface area contributed by atoms with Crippen LogP contribution in [0.2, 0.25) is 0 Å². The molecule has 2 aromatic carbocycles. The second-order valence-electron chi connectivity index (χ2n) is 5.80. The average molecular weight is 487 g/mol. The molecule has 3 rings (SSSR count). The average Bonchev–Trinajstić information content (AvgIpc) is 3.41. The maximum absolute atomic E-state index is 12.3. The molecule has 8 nitrogen and oxygen atoms in total. The van der Waals surface area contributed by atoms with Crippen molar-refractivity contribution in [3.05, 3.63) is 61.7 Å². The highest BCUT2D eigenvalue weighted by molar-refractivity contribution is 14.1. The molecule has 136 valence electrons. The predicted molar refractivity (Wildman–Crippen MR) is 106 cm³/mol. The Hall–Kier alpha value is -2.21. The summed E-state index contributed by atoms with van der Waals surface area (Å²) in [6.45, 7) is 0.